The van der Waals surface area contributed by atoms with Crippen molar-refractivity contribution in [2.45, 2.75) is 32.5 Å². The summed E-state index contributed by atoms with van der Waals surface area (Å²) in [6.07, 6.45) is 0.0965. The fourth-order valence-electron chi connectivity index (χ4n) is 2.64. The van der Waals surface area contributed by atoms with Crippen molar-refractivity contribution >= 4 is 0 Å². The van der Waals surface area contributed by atoms with Crippen molar-refractivity contribution in [1.29, 1.82) is 0 Å². The molecule has 2 atom stereocenters. The molecular formula is C17H18O2. The van der Waals surface area contributed by atoms with Crippen LogP contribution in [0.3, 0.4) is 0 Å². The van der Waals surface area contributed by atoms with E-state index < -0.39 is 6.10 Å². The van der Waals surface area contributed by atoms with Gasteiger partial charge >= 0.3 is 0 Å². The third-order valence-electron chi connectivity index (χ3n) is 3.64. The van der Waals surface area contributed by atoms with Crippen LogP contribution in [0.4, 0.5) is 0 Å². The first-order valence-electron chi connectivity index (χ1n) is 6.65. The van der Waals surface area contributed by atoms with Crippen LogP contribution < -0.4 is 4.74 Å². The van der Waals surface area contributed by atoms with E-state index in [9.17, 15) is 5.11 Å². The molecule has 0 bridgehead atoms. The van der Waals surface area contributed by atoms with Crippen LogP contribution in [0.15, 0.2) is 42.5 Å². The summed E-state index contributed by atoms with van der Waals surface area (Å²) in [6.45, 7) is 4.10. The molecule has 1 N–H and O–H groups in total. The maximum absolute atomic E-state index is 10.3. The van der Waals surface area contributed by atoms with Gasteiger partial charge in [-0.2, -0.15) is 0 Å². The number of benzene rings is 2. The van der Waals surface area contributed by atoms with Gasteiger partial charge in [-0.1, -0.05) is 41.5 Å². The van der Waals surface area contributed by atoms with Gasteiger partial charge in [0.1, 0.15) is 11.9 Å². The van der Waals surface area contributed by atoms with Crippen LogP contribution in [-0.2, 0) is 0 Å². The standard InChI is InChI=1S/C17H18O2/c1-11-4-3-5-13(8-11)17-10-15(18)14-9-12(2)6-7-16(14)19-17/h3-9,15,17-18H,10H2,1-2H3/t15-,17?/m1/s1. The van der Waals surface area contributed by atoms with Gasteiger partial charge in [-0.05, 0) is 31.5 Å². The monoisotopic (exact) mass is 254 g/mol. The Morgan fingerprint density at radius 3 is 2.63 bits per heavy atom. The van der Waals surface area contributed by atoms with Crippen LogP contribution in [-0.4, -0.2) is 5.11 Å². The summed E-state index contributed by atoms with van der Waals surface area (Å²) in [5.74, 6) is 0.802. The van der Waals surface area contributed by atoms with Gasteiger partial charge in [0.25, 0.3) is 0 Å². The molecule has 1 heterocycles. The highest BCUT2D eigenvalue weighted by atomic mass is 16.5. The molecule has 0 amide bonds. The molecule has 0 aromatic heterocycles. The molecule has 0 fully saturated rings. The second-order valence-electron chi connectivity index (χ2n) is 5.31. The SMILES string of the molecule is Cc1cccc(C2C[C@@H](O)c3cc(C)ccc3O2)c1. The van der Waals surface area contributed by atoms with Crippen molar-refractivity contribution in [2.24, 2.45) is 0 Å². The molecule has 1 aliphatic heterocycles. The summed E-state index contributed by atoms with van der Waals surface area (Å²) in [7, 11) is 0. The highest BCUT2D eigenvalue weighted by Crippen LogP contribution is 2.41. The fraction of sp³-hybridized carbons (Fsp3) is 0.294. The van der Waals surface area contributed by atoms with E-state index in [0.717, 1.165) is 22.4 Å². The molecule has 2 aromatic carbocycles. The van der Waals surface area contributed by atoms with Gasteiger partial charge in [0, 0.05) is 12.0 Å². The Bertz CT molecular complexity index is 604. The van der Waals surface area contributed by atoms with Crippen molar-refractivity contribution in [3.63, 3.8) is 0 Å². The Labute approximate surface area is 113 Å². The quantitative estimate of drug-likeness (QED) is 0.837. The normalized spacial score (nSPS) is 21.6. The maximum atomic E-state index is 10.3. The van der Waals surface area contributed by atoms with Crippen LogP contribution in [0, 0.1) is 13.8 Å². The lowest BCUT2D eigenvalue weighted by Gasteiger charge is -2.30. The first-order chi connectivity index (χ1) is 9.13. The summed E-state index contributed by atoms with van der Waals surface area (Å²) < 4.78 is 6.04. The van der Waals surface area contributed by atoms with Crippen LogP contribution >= 0.6 is 0 Å². The molecule has 2 heteroatoms. The minimum atomic E-state index is -0.450. The van der Waals surface area contributed by atoms with E-state index in [4.69, 9.17) is 4.74 Å². The number of hydrogen-bond donors (Lipinski definition) is 1. The number of ether oxygens (including phenoxy) is 1. The smallest absolute Gasteiger partial charge is 0.127 e. The summed E-state index contributed by atoms with van der Waals surface area (Å²) >= 11 is 0. The number of aliphatic hydroxyl groups excluding tert-OH is 1. The van der Waals surface area contributed by atoms with E-state index in [-0.39, 0.29) is 6.10 Å². The second-order valence-corrected chi connectivity index (χ2v) is 5.31. The average Bonchev–Trinajstić information content (AvgIpc) is 2.39. The Morgan fingerprint density at radius 2 is 1.84 bits per heavy atom. The molecule has 3 rings (SSSR count). The molecule has 0 spiro atoms. The molecule has 2 nitrogen and oxygen atoms in total. The average molecular weight is 254 g/mol. The summed E-state index contributed by atoms with van der Waals surface area (Å²) in [5.41, 5.74) is 4.40. The molecule has 0 saturated carbocycles. The summed E-state index contributed by atoms with van der Waals surface area (Å²) in [5, 5.41) is 10.3. The summed E-state index contributed by atoms with van der Waals surface area (Å²) in [6, 6.07) is 14.3. The van der Waals surface area contributed by atoms with Crippen LogP contribution in [0.1, 0.15) is 40.9 Å². The van der Waals surface area contributed by atoms with Crippen molar-refractivity contribution in [3.8, 4) is 5.75 Å². The zero-order chi connectivity index (χ0) is 13.4. The van der Waals surface area contributed by atoms with Crippen LogP contribution in [0.2, 0.25) is 0 Å². The van der Waals surface area contributed by atoms with Gasteiger partial charge in [-0.15, -0.1) is 0 Å². The lowest BCUT2D eigenvalue weighted by molar-refractivity contribution is 0.0656. The molecule has 0 saturated heterocycles. The van der Waals surface area contributed by atoms with Crippen LogP contribution in [0.25, 0.3) is 0 Å². The van der Waals surface area contributed by atoms with Gasteiger partial charge in [0.15, 0.2) is 0 Å². The second kappa shape index (κ2) is 4.71. The van der Waals surface area contributed by atoms with Gasteiger partial charge in [-0.25, -0.2) is 0 Å². The van der Waals surface area contributed by atoms with Crippen molar-refractivity contribution < 1.29 is 9.84 Å². The van der Waals surface area contributed by atoms with E-state index in [0.29, 0.717) is 6.42 Å². The fourth-order valence-corrected chi connectivity index (χ4v) is 2.64. The lowest BCUT2D eigenvalue weighted by Crippen LogP contribution is -2.19. The minimum absolute atomic E-state index is 0.0647. The van der Waals surface area contributed by atoms with Crippen molar-refractivity contribution in [2.75, 3.05) is 0 Å². The Balaban J connectivity index is 1.95. The van der Waals surface area contributed by atoms with E-state index in [1.165, 1.54) is 5.56 Å². The van der Waals surface area contributed by atoms with E-state index in [1.54, 1.807) is 0 Å². The molecule has 19 heavy (non-hydrogen) atoms. The molecule has 1 aliphatic rings. The number of rotatable bonds is 1. The predicted octanol–water partition coefficient (Wildman–Crippen LogP) is 3.86. The molecular weight excluding hydrogens is 236 g/mol. The first kappa shape index (κ1) is 12.2. The van der Waals surface area contributed by atoms with Gasteiger partial charge in [-0.3, -0.25) is 0 Å². The number of aryl methyl sites for hydroxylation is 2. The topological polar surface area (TPSA) is 29.5 Å². The van der Waals surface area contributed by atoms with Crippen molar-refractivity contribution in [1.82, 2.24) is 0 Å². The maximum Gasteiger partial charge on any atom is 0.127 e. The third kappa shape index (κ3) is 2.36. The van der Waals surface area contributed by atoms with Gasteiger partial charge < -0.3 is 9.84 Å². The first-order valence-corrected chi connectivity index (χ1v) is 6.65. The van der Waals surface area contributed by atoms with E-state index in [1.807, 2.05) is 31.2 Å². The molecule has 0 radical (unpaired) electrons. The number of hydrogen-bond acceptors (Lipinski definition) is 2. The predicted molar refractivity (Wildman–Crippen MR) is 75.3 cm³/mol. The largest absolute Gasteiger partial charge is 0.485 e. The summed E-state index contributed by atoms with van der Waals surface area (Å²) in [4.78, 5) is 0. The molecule has 0 aliphatic carbocycles. The Kier molecular flexibility index (Phi) is 3.03. The van der Waals surface area contributed by atoms with Gasteiger partial charge in [0.2, 0.25) is 0 Å². The highest BCUT2D eigenvalue weighted by molar-refractivity contribution is 5.41. The minimum Gasteiger partial charge on any atom is -0.485 e. The zero-order valence-electron chi connectivity index (χ0n) is 11.3. The number of aliphatic hydroxyl groups is 1. The van der Waals surface area contributed by atoms with E-state index >= 15 is 0 Å². The molecule has 2 aromatic rings. The Hall–Kier alpha value is -1.80. The van der Waals surface area contributed by atoms with Crippen LogP contribution in [0.5, 0.6) is 5.75 Å². The van der Waals surface area contributed by atoms with E-state index in [2.05, 4.69) is 25.1 Å². The molecule has 1 unspecified atom stereocenters. The van der Waals surface area contributed by atoms with Gasteiger partial charge in [0.05, 0.1) is 6.10 Å². The zero-order valence-corrected chi connectivity index (χ0v) is 11.3. The Morgan fingerprint density at radius 1 is 1.05 bits per heavy atom. The molecule has 98 valence electrons. The number of fused-ring (bicyclic) bond motifs is 1. The highest BCUT2D eigenvalue weighted by Gasteiger charge is 2.27. The van der Waals surface area contributed by atoms with Crippen molar-refractivity contribution in [3.05, 3.63) is 64.7 Å². The lowest BCUT2D eigenvalue weighted by atomic mass is 9.93. The third-order valence-corrected chi connectivity index (χ3v) is 3.64.